The molecular formula is C26H28F4N2O3. The van der Waals surface area contributed by atoms with E-state index in [1.54, 1.807) is 18.2 Å². The van der Waals surface area contributed by atoms with E-state index in [0.29, 0.717) is 35.5 Å². The Bertz CT molecular complexity index is 1130. The Kier molecular flexibility index (Phi) is 5.94. The molecule has 2 bridgehead atoms. The van der Waals surface area contributed by atoms with Crippen molar-refractivity contribution < 1.29 is 31.8 Å². The Balaban J connectivity index is 1.36. The van der Waals surface area contributed by atoms with Crippen LogP contribution in [-0.4, -0.2) is 43.3 Å². The highest BCUT2D eigenvalue weighted by molar-refractivity contribution is 5.71. The van der Waals surface area contributed by atoms with Crippen molar-refractivity contribution in [2.24, 2.45) is 11.3 Å². The van der Waals surface area contributed by atoms with Crippen LogP contribution in [0, 0.1) is 17.2 Å². The molecule has 0 aliphatic carbocycles. The fourth-order valence-electron chi connectivity index (χ4n) is 5.37. The zero-order chi connectivity index (χ0) is 25.0. The van der Waals surface area contributed by atoms with Crippen molar-refractivity contribution in [3.8, 4) is 16.9 Å². The van der Waals surface area contributed by atoms with Crippen LogP contribution < -0.4 is 10.1 Å². The predicted octanol–water partition coefficient (Wildman–Crippen LogP) is 5.79. The first-order chi connectivity index (χ1) is 16.5. The molecule has 35 heavy (non-hydrogen) atoms. The standard InChI is InChI=1S/C26H28F4N2O3/c1-25(2)14-34-21-11-16(18-6-4-17(12-20(18)27)26(28,29)30)3-5-19(21)23(25)31-24(33)35-22-13-32-9-7-15(22)8-10-32/h3-6,11-12,15,22-23H,7-10,13-14H2,1-2H3,(H,31,33)/t22-,23?/m1/s1. The molecule has 0 saturated carbocycles. The molecule has 3 fully saturated rings. The number of carbonyl (C=O) groups is 1. The molecule has 1 unspecified atom stereocenters. The van der Waals surface area contributed by atoms with Crippen molar-refractivity contribution in [3.63, 3.8) is 0 Å². The Morgan fingerprint density at radius 2 is 1.89 bits per heavy atom. The highest BCUT2D eigenvalue weighted by atomic mass is 19.4. The molecule has 188 valence electrons. The van der Waals surface area contributed by atoms with Crippen molar-refractivity contribution in [3.05, 3.63) is 53.3 Å². The van der Waals surface area contributed by atoms with Crippen LogP contribution in [-0.2, 0) is 10.9 Å². The zero-order valence-corrected chi connectivity index (χ0v) is 19.6. The number of nitrogens with zero attached hydrogens (tertiary/aromatic N) is 1. The van der Waals surface area contributed by atoms with Crippen LogP contribution in [0.5, 0.6) is 5.75 Å². The predicted molar refractivity (Wildman–Crippen MR) is 121 cm³/mol. The number of halogens is 4. The van der Waals surface area contributed by atoms with Gasteiger partial charge in [0.2, 0.25) is 0 Å². The number of rotatable bonds is 3. The molecule has 0 aromatic heterocycles. The minimum atomic E-state index is -4.62. The number of carbonyl (C=O) groups excluding carboxylic acids is 1. The molecule has 4 heterocycles. The van der Waals surface area contributed by atoms with Crippen LogP contribution in [0.1, 0.15) is 43.9 Å². The van der Waals surface area contributed by atoms with E-state index in [4.69, 9.17) is 9.47 Å². The van der Waals surface area contributed by atoms with E-state index >= 15 is 0 Å². The molecular weight excluding hydrogens is 464 g/mol. The normalized spacial score (nSPS) is 27.0. The van der Waals surface area contributed by atoms with Gasteiger partial charge in [0.05, 0.1) is 18.2 Å². The van der Waals surface area contributed by atoms with E-state index in [9.17, 15) is 22.4 Å². The summed E-state index contributed by atoms with van der Waals surface area (Å²) in [6, 6.07) is 7.01. The lowest BCUT2D eigenvalue weighted by Gasteiger charge is -2.44. The number of hydrogen-bond acceptors (Lipinski definition) is 4. The smallest absolute Gasteiger partial charge is 0.416 e. The first-order valence-corrected chi connectivity index (χ1v) is 11.8. The molecule has 6 rings (SSSR count). The maximum Gasteiger partial charge on any atom is 0.416 e. The summed E-state index contributed by atoms with van der Waals surface area (Å²) in [5, 5.41) is 3.01. The van der Waals surface area contributed by atoms with Crippen molar-refractivity contribution in [2.75, 3.05) is 26.2 Å². The van der Waals surface area contributed by atoms with Crippen LogP contribution in [0.3, 0.4) is 0 Å². The molecule has 5 nitrogen and oxygen atoms in total. The minimum absolute atomic E-state index is 0.0421. The summed E-state index contributed by atoms with van der Waals surface area (Å²) in [6.45, 7) is 7.09. The van der Waals surface area contributed by atoms with Gasteiger partial charge in [0.15, 0.2) is 0 Å². The average molecular weight is 493 g/mol. The van der Waals surface area contributed by atoms with E-state index < -0.39 is 35.1 Å². The summed E-state index contributed by atoms with van der Waals surface area (Å²) in [7, 11) is 0. The Labute approximate surface area is 201 Å². The van der Waals surface area contributed by atoms with Gasteiger partial charge < -0.3 is 14.8 Å². The minimum Gasteiger partial charge on any atom is -0.493 e. The lowest BCUT2D eigenvalue weighted by atomic mass is 9.78. The molecule has 1 N–H and O–H groups in total. The Morgan fingerprint density at radius 3 is 2.51 bits per heavy atom. The number of amides is 1. The topological polar surface area (TPSA) is 50.8 Å². The average Bonchev–Trinajstić information content (AvgIpc) is 2.81. The maximum atomic E-state index is 14.5. The third kappa shape index (κ3) is 4.70. The first kappa shape index (κ1) is 23.9. The van der Waals surface area contributed by atoms with Crippen molar-refractivity contribution in [1.82, 2.24) is 10.2 Å². The molecule has 1 amide bonds. The number of alkyl carbamates (subject to hydrolysis) is 1. The number of benzene rings is 2. The van der Waals surface area contributed by atoms with Gasteiger partial charge in [-0.05, 0) is 55.6 Å². The summed E-state index contributed by atoms with van der Waals surface area (Å²) in [4.78, 5) is 15.2. The fourth-order valence-corrected chi connectivity index (χ4v) is 5.37. The fraction of sp³-hybridized carbons (Fsp3) is 0.500. The Morgan fingerprint density at radius 1 is 1.14 bits per heavy atom. The number of alkyl halides is 3. The van der Waals surface area contributed by atoms with E-state index in [0.717, 1.165) is 44.6 Å². The van der Waals surface area contributed by atoms with E-state index in [1.165, 1.54) is 0 Å². The van der Waals surface area contributed by atoms with Gasteiger partial charge in [0.1, 0.15) is 17.7 Å². The second kappa shape index (κ2) is 8.69. The second-order valence-electron chi connectivity index (χ2n) is 10.4. The van der Waals surface area contributed by atoms with Crippen molar-refractivity contribution >= 4 is 6.09 Å². The number of nitrogens with one attached hydrogen (secondary N) is 1. The van der Waals surface area contributed by atoms with Crippen LogP contribution in [0.15, 0.2) is 36.4 Å². The number of ether oxygens (including phenoxy) is 2. The molecule has 2 aromatic carbocycles. The highest BCUT2D eigenvalue weighted by Gasteiger charge is 2.41. The van der Waals surface area contributed by atoms with E-state index in [2.05, 4.69) is 10.2 Å². The van der Waals surface area contributed by atoms with E-state index in [-0.39, 0.29) is 11.7 Å². The van der Waals surface area contributed by atoms with Gasteiger partial charge >= 0.3 is 12.3 Å². The van der Waals surface area contributed by atoms with Crippen LogP contribution >= 0.6 is 0 Å². The summed E-state index contributed by atoms with van der Waals surface area (Å²) < 4.78 is 65.0. The molecule has 4 aliphatic rings. The van der Waals surface area contributed by atoms with Crippen LogP contribution in [0.4, 0.5) is 22.4 Å². The third-order valence-electron chi connectivity index (χ3n) is 7.43. The zero-order valence-electron chi connectivity index (χ0n) is 19.6. The van der Waals surface area contributed by atoms with Gasteiger partial charge in [-0.25, -0.2) is 9.18 Å². The van der Waals surface area contributed by atoms with Crippen molar-refractivity contribution in [1.29, 1.82) is 0 Å². The summed E-state index contributed by atoms with van der Waals surface area (Å²) in [5.41, 5.74) is -0.338. The van der Waals surface area contributed by atoms with Gasteiger partial charge in [-0.15, -0.1) is 0 Å². The molecule has 2 atom stereocenters. The Hall–Kier alpha value is -2.81. The van der Waals surface area contributed by atoms with Crippen LogP contribution in [0.25, 0.3) is 11.1 Å². The maximum absolute atomic E-state index is 14.5. The first-order valence-electron chi connectivity index (χ1n) is 11.8. The lowest BCUT2D eigenvalue weighted by Crippen LogP contribution is -2.53. The second-order valence-corrected chi connectivity index (χ2v) is 10.4. The largest absolute Gasteiger partial charge is 0.493 e. The number of fused-ring (bicyclic) bond motifs is 4. The van der Waals surface area contributed by atoms with Gasteiger partial charge in [-0.1, -0.05) is 32.0 Å². The molecule has 2 aromatic rings. The van der Waals surface area contributed by atoms with Gasteiger partial charge in [0.25, 0.3) is 0 Å². The lowest BCUT2D eigenvalue weighted by molar-refractivity contribution is -0.137. The quantitative estimate of drug-likeness (QED) is 0.551. The van der Waals surface area contributed by atoms with Gasteiger partial charge in [0, 0.05) is 23.1 Å². The summed E-state index contributed by atoms with van der Waals surface area (Å²) in [5.74, 6) is -0.122. The third-order valence-corrected chi connectivity index (χ3v) is 7.43. The van der Waals surface area contributed by atoms with Crippen LogP contribution in [0.2, 0.25) is 0 Å². The van der Waals surface area contributed by atoms with Crippen molar-refractivity contribution in [2.45, 2.75) is 45.0 Å². The summed E-state index contributed by atoms with van der Waals surface area (Å²) in [6.07, 6.45) is -3.15. The monoisotopic (exact) mass is 492 g/mol. The van der Waals surface area contributed by atoms with E-state index in [1.807, 2.05) is 13.8 Å². The molecule has 9 heteroatoms. The molecule has 4 aliphatic heterocycles. The van der Waals surface area contributed by atoms with Gasteiger partial charge in [-0.2, -0.15) is 13.2 Å². The molecule has 0 radical (unpaired) electrons. The number of hydrogen-bond donors (Lipinski definition) is 1. The SMILES string of the molecule is CC1(C)COc2cc(-c3ccc(C(F)(F)F)cc3F)ccc2C1NC(=O)O[C@@H]1CN2CCC1CC2. The summed E-state index contributed by atoms with van der Waals surface area (Å²) >= 11 is 0. The highest BCUT2D eigenvalue weighted by Crippen LogP contribution is 2.45. The molecule has 0 spiro atoms. The molecule has 3 saturated heterocycles. The van der Waals surface area contributed by atoms with Gasteiger partial charge in [-0.3, -0.25) is 4.90 Å². The number of piperidine rings is 3.